The van der Waals surface area contributed by atoms with Crippen LogP contribution in [0.4, 0.5) is 0 Å². The maximum atomic E-state index is 6.25. The van der Waals surface area contributed by atoms with E-state index in [0.717, 1.165) is 29.6 Å². The van der Waals surface area contributed by atoms with E-state index >= 15 is 0 Å². The van der Waals surface area contributed by atoms with E-state index in [0.29, 0.717) is 0 Å². The lowest BCUT2D eigenvalue weighted by atomic mass is 10.0. The number of halogens is 1. The Morgan fingerprint density at radius 1 is 1.42 bits per heavy atom. The topological polar surface area (TPSA) is 56.7 Å². The summed E-state index contributed by atoms with van der Waals surface area (Å²) in [5.74, 6) is 0. The number of hydrogen-bond donors (Lipinski definition) is 1. The Morgan fingerprint density at radius 2 is 2.21 bits per heavy atom. The molecule has 19 heavy (non-hydrogen) atoms. The van der Waals surface area contributed by atoms with E-state index in [4.69, 9.17) is 5.73 Å². The van der Waals surface area contributed by atoms with Crippen LogP contribution >= 0.6 is 15.9 Å². The average molecular weight is 323 g/mol. The first kappa shape index (κ1) is 14.2. The smallest absolute Gasteiger partial charge is 0.0738 e. The Bertz CT molecular complexity index is 536. The minimum atomic E-state index is 0.0712. The normalized spacial score (nSPS) is 12.6. The second kappa shape index (κ2) is 6.30. The summed E-state index contributed by atoms with van der Waals surface area (Å²) in [5.41, 5.74) is 9.62. The standard InChI is InChI=1S/C14H19BrN4/c1-3-19-13(14(15)10(2)18-19)8-12(16)7-11-5-4-6-17-9-11/h4-6,9,12H,3,7-8,16H2,1-2H3. The van der Waals surface area contributed by atoms with Gasteiger partial charge in [-0.15, -0.1) is 0 Å². The SMILES string of the molecule is CCn1nc(C)c(Br)c1CC(N)Cc1cccnc1. The monoisotopic (exact) mass is 322 g/mol. The third-order valence-electron chi connectivity index (χ3n) is 3.13. The second-order valence-electron chi connectivity index (χ2n) is 4.69. The molecule has 0 bridgehead atoms. The zero-order valence-corrected chi connectivity index (χ0v) is 12.9. The van der Waals surface area contributed by atoms with Crippen molar-refractivity contribution in [2.75, 3.05) is 0 Å². The highest BCUT2D eigenvalue weighted by molar-refractivity contribution is 9.10. The Labute approximate surface area is 122 Å². The molecule has 2 rings (SSSR count). The van der Waals surface area contributed by atoms with Gasteiger partial charge in [0.1, 0.15) is 0 Å². The van der Waals surface area contributed by atoms with E-state index < -0.39 is 0 Å². The van der Waals surface area contributed by atoms with Crippen molar-refractivity contribution in [2.24, 2.45) is 5.73 Å². The van der Waals surface area contributed by atoms with Gasteiger partial charge in [0.25, 0.3) is 0 Å². The second-order valence-corrected chi connectivity index (χ2v) is 5.48. The zero-order valence-electron chi connectivity index (χ0n) is 11.3. The van der Waals surface area contributed by atoms with Gasteiger partial charge < -0.3 is 5.73 Å². The molecule has 2 heterocycles. The van der Waals surface area contributed by atoms with Crippen LogP contribution in [0.5, 0.6) is 0 Å². The number of aromatic nitrogens is 3. The predicted octanol–water partition coefficient (Wildman–Crippen LogP) is 2.48. The molecule has 1 unspecified atom stereocenters. The summed E-state index contributed by atoms with van der Waals surface area (Å²) in [6, 6.07) is 4.07. The maximum absolute atomic E-state index is 6.25. The predicted molar refractivity (Wildman–Crippen MR) is 80.0 cm³/mol. The Hall–Kier alpha value is -1.20. The van der Waals surface area contributed by atoms with Crippen LogP contribution in [0.3, 0.4) is 0 Å². The van der Waals surface area contributed by atoms with E-state index in [2.05, 4.69) is 39.0 Å². The molecule has 0 spiro atoms. The molecule has 4 nitrogen and oxygen atoms in total. The largest absolute Gasteiger partial charge is 0.327 e. The fourth-order valence-corrected chi connectivity index (χ4v) is 2.65. The molecule has 2 aromatic rings. The van der Waals surface area contributed by atoms with Crippen LogP contribution in [0.15, 0.2) is 29.0 Å². The lowest BCUT2D eigenvalue weighted by molar-refractivity contribution is 0.573. The van der Waals surface area contributed by atoms with Gasteiger partial charge in [0.05, 0.1) is 15.9 Å². The summed E-state index contributed by atoms with van der Waals surface area (Å²) in [5, 5.41) is 4.49. The average Bonchev–Trinajstić information content (AvgIpc) is 2.67. The highest BCUT2D eigenvalue weighted by Crippen LogP contribution is 2.22. The van der Waals surface area contributed by atoms with Gasteiger partial charge in [-0.2, -0.15) is 5.10 Å². The van der Waals surface area contributed by atoms with Crippen molar-refractivity contribution >= 4 is 15.9 Å². The van der Waals surface area contributed by atoms with E-state index in [1.165, 1.54) is 11.3 Å². The molecule has 2 N–H and O–H groups in total. The number of rotatable bonds is 5. The molecule has 1 atom stereocenters. The fourth-order valence-electron chi connectivity index (χ4n) is 2.21. The molecule has 0 amide bonds. The van der Waals surface area contributed by atoms with Gasteiger partial charge >= 0.3 is 0 Å². The molecule has 0 fully saturated rings. The molecule has 0 aliphatic heterocycles. The van der Waals surface area contributed by atoms with Gasteiger partial charge in [0.15, 0.2) is 0 Å². The van der Waals surface area contributed by atoms with E-state index in [-0.39, 0.29) is 6.04 Å². The summed E-state index contributed by atoms with van der Waals surface area (Å²) >= 11 is 3.60. The quantitative estimate of drug-likeness (QED) is 0.920. The van der Waals surface area contributed by atoms with Crippen LogP contribution in [0.2, 0.25) is 0 Å². The first-order valence-electron chi connectivity index (χ1n) is 6.48. The molecule has 102 valence electrons. The van der Waals surface area contributed by atoms with Gasteiger partial charge in [-0.1, -0.05) is 6.07 Å². The minimum Gasteiger partial charge on any atom is -0.327 e. The molecular weight excluding hydrogens is 304 g/mol. The molecule has 0 saturated carbocycles. The number of nitrogens with two attached hydrogens (primary N) is 1. The fraction of sp³-hybridized carbons (Fsp3) is 0.429. The molecule has 2 aromatic heterocycles. The molecule has 0 aromatic carbocycles. The molecule has 0 radical (unpaired) electrons. The van der Waals surface area contributed by atoms with Crippen molar-refractivity contribution < 1.29 is 0 Å². The summed E-state index contributed by atoms with van der Waals surface area (Å²) in [6.07, 6.45) is 5.29. The Kier molecular flexibility index (Phi) is 4.71. The van der Waals surface area contributed by atoms with Gasteiger partial charge in [0, 0.05) is 31.4 Å². The molecule has 0 saturated heterocycles. The van der Waals surface area contributed by atoms with Gasteiger partial charge in [-0.25, -0.2) is 0 Å². The molecule has 0 aliphatic carbocycles. The van der Waals surface area contributed by atoms with Crippen LogP contribution in [0.1, 0.15) is 23.9 Å². The van der Waals surface area contributed by atoms with Crippen LogP contribution in [-0.4, -0.2) is 20.8 Å². The van der Waals surface area contributed by atoms with Gasteiger partial charge in [-0.3, -0.25) is 9.67 Å². The van der Waals surface area contributed by atoms with Crippen LogP contribution in [-0.2, 0) is 19.4 Å². The van der Waals surface area contributed by atoms with Crippen molar-refractivity contribution in [3.63, 3.8) is 0 Å². The molecule has 0 aliphatic rings. The molecular formula is C14H19BrN4. The van der Waals surface area contributed by atoms with Crippen molar-refractivity contribution in [1.82, 2.24) is 14.8 Å². The van der Waals surface area contributed by atoms with Crippen molar-refractivity contribution in [3.05, 3.63) is 46.0 Å². The van der Waals surface area contributed by atoms with Crippen LogP contribution < -0.4 is 5.73 Å². The lowest BCUT2D eigenvalue weighted by Crippen LogP contribution is -2.27. The third kappa shape index (κ3) is 3.42. The van der Waals surface area contributed by atoms with E-state index in [1.807, 2.05) is 23.9 Å². The maximum Gasteiger partial charge on any atom is 0.0738 e. The zero-order chi connectivity index (χ0) is 13.8. The number of pyridine rings is 1. The van der Waals surface area contributed by atoms with Crippen molar-refractivity contribution in [3.8, 4) is 0 Å². The highest BCUT2D eigenvalue weighted by Gasteiger charge is 2.15. The van der Waals surface area contributed by atoms with Gasteiger partial charge in [-0.05, 0) is 47.8 Å². The highest BCUT2D eigenvalue weighted by atomic mass is 79.9. The third-order valence-corrected chi connectivity index (χ3v) is 4.16. The van der Waals surface area contributed by atoms with Gasteiger partial charge in [0.2, 0.25) is 0 Å². The number of nitrogens with zero attached hydrogens (tertiary/aromatic N) is 3. The Morgan fingerprint density at radius 3 is 2.84 bits per heavy atom. The minimum absolute atomic E-state index is 0.0712. The van der Waals surface area contributed by atoms with Crippen LogP contribution in [0.25, 0.3) is 0 Å². The summed E-state index contributed by atoms with van der Waals surface area (Å²) < 4.78 is 3.10. The summed E-state index contributed by atoms with van der Waals surface area (Å²) in [7, 11) is 0. The first-order chi connectivity index (χ1) is 9.11. The number of hydrogen-bond acceptors (Lipinski definition) is 3. The summed E-state index contributed by atoms with van der Waals surface area (Å²) in [6.45, 7) is 4.96. The Balaban J connectivity index is 2.09. The number of aryl methyl sites for hydroxylation is 2. The van der Waals surface area contributed by atoms with Crippen molar-refractivity contribution in [1.29, 1.82) is 0 Å². The lowest BCUT2D eigenvalue weighted by Gasteiger charge is -2.13. The van der Waals surface area contributed by atoms with Crippen LogP contribution in [0, 0.1) is 6.92 Å². The molecule has 5 heteroatoms. The summed E-state index contributed by atoms with van der Waals surface area (Å²) in [4.78, 5) is 4.12. The van der Waals surface area contributed by atoms with Crippen molar-refractivity contribution in [2.45, 2.75) is 39.3 Å². The van der Waals surface area contributed by atoms with E-state index in [1.54, 1.807) is 6.20 Å². The first-order valence-corrected chi connectivity index (χ1v) is 7.27. The van der Waals surface area contributed by atoms with E-state index in [9.17, 15) is 0 Å².